The molecule has 2 rings (SSSR count). The van der Waals surface area contributed by atoms with E-state index in [9.17, 15) is 0 Å². The van der Waals surface area contributed by atoms with E-state index < -0.39 is 0 Å². The van der Waals surface area contributed by atoms with Gasteiger partial charge in [0.15, 0.2) is 11.6 Å². The highest BCUT2D eigenvalue weighted by atomic mass is 16.3. The van der Waals surface area contributed by atoms with E-state index in [1.807, 2.05) is 32.9 Å². The van der Waals surface area contributed by atoms with Crippen LogP contribution in [0.3, 0.4) is 0 Å². The third kappa shape index (κ3) is 3.61. The molecule has 0 unspecified atom stereocenters. The Morgan fingerprint density at radius 3 is 2.63 bits per heavy atom. The largest absolute Gasteiger partial charge is 0.467 e. The molecule has 2 aromatic rings. The molecule has 0 aliphatic carbocycles. The Labute approximate surface area is 112 Å². The first-order chi connectivity index (χ1) is 8.96. The Kier molecular flexibility index (Phi) is 3.59. The predicted octanol–water partition coefficient (Wildman–Crippen LogP) is 2.47. The van der Waals surface area contributed by atoms with Gasteiger partial charge in [0.25, 0.3) is 0 Å². The van der Waals surface area contributed by atoms with E-state index in [1.165, 1.54) is 6.33 Å². The molecule has 4 N–H and O–H groups in total. The summed E-state index contributed by atoms with van der Waals surface area (Å²) < 4.78 is 5.24. The molecule has 0 atom stereocenters. The third-order valence-electron chi connectivity index (χ3n) is 2.39. The number of hydrogen-bond donors (Lipinski definition) is 3. The fourth-order valence-electron chi connectivity index (χ4n) is 1.58. The predicted molar refractivity (Wildman–Crippen MR) is 75.9 cm³/mol. The number of nitrogen functional groups attached to an aromatic ring is 1. The summed E-state index contributed by atoms with van der Waals surface area (Å²) in [4.78, 5) is 8.30. The lowest BCUT2D eigenvalue weighted by molar-refractivity contribution is 0.518. The van der Waals surface area contributed by atoms with Crippen molar-refractivity contribution in [2.45, 2.75) is 32.9 Å². The van der Waals surface area contributed by atoms with E-state index >= 15 is 0 Å². The maximum absolute atomic E-state index is 6.05. The fraction of sp³-hybridized carbons (Fsp3) is 0.385. The minimum Gasteiger partial charge on any atom is -0.467 e. The van der Waals surface area contributed by atoms with Gasteiger partial charge < -0.3 is 20.8 Å². The molecule has 19 heavy (non-hydrogen) atoms. The van der Waals surface area contributed by atoms with Gasteiger partial charge >= 0.3 is 0 Å². The average molecular weight is 261 g/mol. The molecule has 0 spiro atoms. The number of nitrogens with one attached hydrogen (secondary N) is 2. The zero-order chi connectivity index (χ0) is 13.9. The van der Waals surface area contributed by atoms with Gasteiger partial charge in [0, 0.05) is 5.54 Å². The van der Waals surface area contributed by atoms with Crippen LogP contribution in [0.4, 0.5) is 17.3 Å². The summed E-state index contributed by atoms with van der Waals surface area (Å²) in [5.74, 6) is 2.05. The third-order valence-corrected chi connectivity index (χ3v) is 2.39. The fourth-order valence-corrected chi connectivity index (χ4v) is 1.58. The van der Waals surface area contributed by atoms with Crippen molar-refractivity contribution in [3.63, 3.8) is 0 Å². The van der Waals surface area contributed by atoms with Crippen molar-refractivity contribution in [1.29, 1.82) is 0 Å². The summed E-state index contributed by atoms with van der Waals surface area (Å²) >= 11 is 0. The van der Waals surface area contributed by atoms with Crippen LogP contribution in [0.25, 0.3) is 0 Å². The molecule has 0 bridgehead atoms. The standard InChI is InChI=1S/C13H19N5O/c1-13(2,3)18-12-10(14)11(16-8-17-12)15-7-9-5-4-6-19-9/h4-6,8H,7,14H2,1-3H3,(H2,15,16,17,18). The summed E-state index contributed by atoms with van der Waals surface area (Å²) in [7, 11) is 0. The van der Waals surface area contributed by atoms with Crippen LogP contribution in [0.1, 0.15) is 26.5 Å². The molecule has 6 heteroatoms. The van der Waals surface area contributed by atoms with Crippen molar-refractivity contribution in [2.75, 3.05) is 16.4 Å². The van der Waals surface area contributed by atoms with Gasteiger partial charge in [-0.3, -0.25) is 0 Å². The zero-order valence-corrected chi connectivity index (χ0v) is 11.4. The lowest BCUT2D eigenvalue weighted by Gasteiger charge is -2.22. The number of rotatable bonds is 4. The first-order valence-corrected chi connectivity index (χ1v) is 6.10. The van der Waals surface area contributed by atoms with Gasteiger partial charge in [-0.2, -0.15) is 0 Å². The van der Waals surface area contributed by atoms with Crippen molar-refractivity contribution in [2.24, 2.45) is 0 Å². The Hall–Kier alpha value is -2.24. The van der Waals surface area contributed by atoms with Crippen LogP contribution in [-0.2, 0) is 6.54 Å². The van der Waals surface area contributed by atoms with E-state index in [4.69, 9.17) is 10.2 Å². The van der Waals surface area contributed by atoms with Gasteiger partial charge in [-0.1, -0.05) is 0 Å². The van der Waals surface area contributed by atoms with Gasteiger partial charge in [-0.25, -0.2) is 9.97 Å². The van der Waals surface area contributed by atoms with Crippen molar-refractivity contribution in [3.8, 4) is 0 Å². The first-order valence-electron chi connectivity index (χ1n) is 6.10. The second kappa shape index (κ2) is 5.17. The van der Waals surface area contributed by atoms with Crippen LogP contribution in [0, 0.1) is 0 Å². The number of aromatic nitrogens is 2. The van der Waals surface area contributed by atoms with Gasteiger partial charge in [0.05, 0.1) is 12.8 Å². The van der Waals surface area contributed by atoms with Crippen molar-refractivity contribution < 1.29 is 4.42 Å². The summed E-state index contributed by atoms with van der Waals surface area (Å²) in [5.41, 5.74) is 6.44. The van der Waals surface area contributed by atoms with Crippen molar-refractivity contribution in [3.05, 3.63) is 30.5 Å². The molecule has 2 heterocycles. The number of furan rings is 1. The first kappa shape index (κ1) is 13.2. The Morgan fingerprint density at radius 1 is 1.26 bits per heavy atom. The molecule has 6 nitrogen and oxygen atoms in total. The molecular weight excluding hydrogens is 242 g/mol. The molecule has 0 aliphatic heterocycles. The second-order valence-electron chi connectivity index (χ2n) is 5.29. The summed E-state index contributed by atoms with van der Waals surface area (Å²) in [6.07, 6.45) is 3.11. The summed E-state index contributed by atoms with van der Waals surface area (Å²) in [6, 6.07) is 3.73. The number of nitrogens with zero attached hydrogens (tertiary/aromatic N) is 2. The Balaban J connectivity index is 2.11. The quantitative estimate of drug-likeness (QED) is 0.783. The molecular formula is C13H19N5O. The topological polar surface area (TPSA) is 89.0 Å². The van der Waals surface area contributed by atoms with Crippen LogP contribution >= 0.6 is 0 Å². The molecule has 0 fully saturated rings. The SMILES string of the molecule is CC(C)(C)Nc1ncnc(NCc2ccco2)c1N. The Morgan fingerprint density at radius 2 is 2.00 bits per heavy atom. The van der Waals surface area contributed by atoms with Gasteiger partial charge in [-0.15, -0.1) is 0 Å². The zero-order valence-electron chi connectivity index (χ0n) is 11.4. The highest BCUT2D eigenvalue weighted by Gasteiger charge is 2.14. The van der Waals surface area contributed by atoms with E-state index in [0.29, 0.717) is 23.9 Å². The van der Waals surface area contributed by atoms with Crippen LogP contribution in [0.2, 0.25) is 0 Å². The van der Waals surface area contributed by atoms with Gasteiger partial charge in [-0.05, 0) is 32.9 Å². The average Bonchev–Trinajstić information content (AvgIpc) is 2.81. The van der Waals surface area contributed by atoms with Crippen LogP contribution in [-0.4, -0.2) is 15.5 Å². The summed E-state index contributed by atoms with van der Waals surface area (Å²) in [5, 5.41) is 6.38. The number of nitrogens with two attached hydrogens (primary N) is 1. The number of hydrogen-bond acceptors (Lipinski definition) is 6. The molecule has 0 amide bonds. The van der Waals surface area contributed by atoms with Crippen molar-refractivity contribution >= 4 is 17.3 Å². The monoisotopic (exact) mass is 261 g/mol. The number of anilines is 3. The normalized spacial score (nSPS) is 11.3. The minimum atomic E-state index is -0.110. The lowest BCUT2D eigenvalue weighted by Crippen LogP contribution is -2.27. The second-order valence-corrected chi connectivity index (χ2v) is 5.29. The molecule has 0 aliphatic rings. The Bertz CT molecular complexity index is 530. The molecule has 0 aromatic carbocycles. The van der Waals surface area contributed by atoms with Crippen molar-refractivity contribution in [1.82, 2.24) is 9.97 Å². The van der Waals surface area contributed by atoms with Gasteiger partial charge in [0.2, 0.25) is 0 Å². The minimum absolute atomic E-state index is 0.110. The smallest absolute Gasteiger partial charge is 0.155 e. The van der Waals surface area contributed by atoms with E-state index in [2.05, 4.69) is 20.6 Å². The van der Waals surface area contributed by atoms with Crippen LogP contribution in [0.5, 0.6) is 0 Å². The lowest BCUT2D eigenvalue weighted by atomic mass is 10.1. The van der Waals surface area contributed by atoms with Crippen LogP contribution < -0.4 is 16.4 Å². The highest BCUT2D eigenvalue weighted by molar-refractivity contribution is 5.74. The van der Waals surface area contributed by atoms with E-state index in [1.54, 1.807) is 6.26 Å². The molecule has 0 radical (unpaired) electrons. The molecule has 2 aromatic heterocycles. The highest BCUT2D eigenvalue weighted by Crippen LogP contribution is 2.25. The van der Waals surface area contributed by atoms with E-state index in [-0.39, 0.29) is 5.54 Å². The van der Waals surface area contributed by atoms with Gasteiger partial charge in [0.1, 0.15) is 17.8 Å². The van der Waals surface area contributed by atoms with Crippen LogP contribution in [0.15, 0.2) is 29.1 Å². The summed E-state index contributed by atoms with van der Waals surface area (Å²) in [6.45, 7) is 6.67. The molecule has 0 saturated heterocycles. The molecule has 102 valence electrons. The van der Waals surface area contributed by atoms with E-state index in [0.717, 1.165) is 5.76 Å². The maximum Gasteiger partial charge on any atom is 0.155 e. The maximum atomic E-state index is 6.05. The molecule has 0 saturated carbocycles.